The topological polar surface area (TPSA) is 46.2 Å². The molecule has 2 heteroatoms. The first-order chi connectivity index (χ1) is 13.5. The lowest BCUT2D eigenvalue weighted by Crippen LogP contribution is -2.50. The third-order valence-corrected chi connectivity index (χ3v) is 10.3. The molecule has 0 radical (unpaired) electrons. The van der Waals surface area contributed by atoms with Crippen LogP contribution in [-0.4, -0.2) is 16.7 Å². The molecule has 1 unspecified atom stereocenters. The predicted molar refractivity (Wildman–Crippen MR) is 122 cm³/mol. The van der Waals surface area contributed by atoms with Crippen LogP contribution in [0.25, 0.3) is 0 Å². The summed E-state index contributed by atoms with van der Waals surface area (Å²) in [5.74, 6) is 4.40. The van der Waals surface area contributed by atoms with Gasteiger partial charge >= 0.3 is 0 Å². The Balaban J connectivity index is 1.47. The van der Waals surface area contributed by atoms with E-state index in [1.807, 2.05) is 0 Å². The van der Waals surface area contributed by atoms with Crippen molar-refractivity contribution < 1.29 is 5.11 Å². The average molecular weight is 402 g/mol. The molecule has 0 heterocycles. The molecule has 166 valence electrons. The summed E-state index contributed by atoms with van der Waals surface area (Å²) in [5, 5.41) is 10.2. The van der Waals surface area contributed by atoms with E-state index in [9.17, 15) is 5.11 Å². The Kier molecular flexibility index (Phi) is 5.78. The summed E-state index contributed by atoms with van der Waals surface area (Å²) in [6.45, 7) is 12.1. The quantitative estimate of drug-likeness (QED) is 0.519. The van der Waals surface area contributed by atoms with Gasteiger partial charge in [-0.05, 0) is 112 Å². The van der Waals surface area contributed by atoms with Crippen LogP contribution in [0.3, 0.4) is 0 Å². The van der Waals surface area contributed by atoms with Crippen molar-refractivity contribution in [1.82, 2.24) is 0 Å². The second kappa shape index (κ2) is 7.66. The molecule has 4 rings (SSSR count). The van der Waals surface area contributed by atoms with Crippen LogP contribution >= 0.6 is 0 Å². The number of aliphatic hydroxyl groups is 1. The standard InChI is InChI=1S/C27H47NO/c1-18(7-6-14-25(2,3)28)22-10-11-23-21-9-8-19-17-20(29)12-15-26(19,4)24(21)13-16-27(22,23)5/h8,18,20-24,29H,6-7,9-17,28H2,1-5H3/t18-,20?,21+,22-,23+,24+,26+,27-/m1/s1. The van der Waals surface area contributed by atoms with E-state index >= 15 is 0 Å². The molecule has 8 atom stereocenters. The molecule has 29 heavy (non-hydrogen) atoms. The van der Waals surface area contributed by atoms with E-state index < -0.39 is 0 Å². The minimum atomic E-state index is -0.0880. The van der Waals surface area contributed by atoms with Crippen molar-refractivity contribution in [3.63, 3.8) is 0 Å². The number of aliphatic hydroxyl groups excluding tert-OH is 1. The van der Waals surface area contributed by atoms with E-state index in [0.29, 0.717) is 10.8 Å². The van der Waals surface area contributed by atoms with Crippen molar-refractivity contribution in [2.24, 2.45) is 46.2 Å². The zero-order chi connectivity index (χ0) is 21.0. The predicted octanol–water partition coefficient (Wildman–Crippen LogP) is 6.47. The van der Waals surface area contributed by atoms with E-state index in [1.165, 1.54) is 51.4 Å². The molecule has 0 spiro atoms. The molecule has 4 aliphatic rings. The monoisotopic (exact) mass is 401 g/mol. The summed E-state index contributed by atoms with van der Waals surface area (Å²) in [7, 11) is 0. The SMILES string of the molecule is C[C@H](CCCC(C)(C)N)[C@H]1CC[C@H]2[C@@H]3CC=C4CC(O)CC[C@]4(C)[C@H]3CC[C@]12C. The smallest absolute Gasteiger partial charge is 0.0577 e. The van der Waals surface area contributed by atoms with Gasteiger partial charge in [-0.3, -0.25) is 0 Å². The normalized spacial score (nSPS) is 45.8. The molecule has 4 aliphatic carbocycles. The molecule has 3 N–H and O–H groups in total. The highest BCUT2D eigenvalue weighted by Gasteiger charge is 2.59. The number of rotatable bonds is 5. The van der Waals surface area contributed by atoms with E-state index in [-0.39, 0.29) is 11.6 Å². The van der Waals surface area contributed by atoms with E-state index in [1.54, 1.807) is 5.57 Å². The highest BCUT2D eigenvalue weighted by molar-refractivity contribution is 5.25. The van der Waals surface area contributed by atoms with Gasteiger partial charge in [0.15, 0.2) is 0 Å². The molecule has 0 saturated heterocycles. The summed E-state index contributed by atoms with van der Waals surface area (Å²) in [4.78, 5) is 0. The van der Waals surface area contributed by atoms with Crippen LogP contribution in [0.5, 0.6) is 0 Å². The maximum absolute atomic E-state index is 10.2. The first-order valence-corrected chi connectivity index (χ1v) is 12.7. The fourth-order valence-electron chi connectivity index (χ4n) is 8.70. The summed E-state index contributed by atoms with van der Waals surface area (Å²) in [5.41, 5.74) is 8.75. The lowest BCUT2D eigenvalue weighted by Gasteiger charge is -2.58. The highest BCUT2D eigenvalue weighted by atomic mass is 16.3. The van der Waals surface area contributed by atoms with Gasteiger partial charge in [-0.15, -0.1) is 0 Å². The van der Waals surface area contributed by atoms with E-state index in [2.05, 4.69) is 40.7 Å². The van der Waals surface area contributed by atoms with Gasteiger partial charge in [0.25, 0.3) is 0 Å². The molecule has 0 amide bonds. The molecular formula is C27H47NO. The summed E-state index contributed by atoms with van der Waals surface area (Å²) in [6.07, 6.45) is 16.5. The van der Waals surface area contributed by atoms with Gasteiger partial charge in [0.05, 0.1) is 6.10 Å². The summed E-state index contributed by atoms with van der Waals surface area (Å²) < 4.78 is 0. The van der Waals surface area contributed by atoms with Crippen molar-refractivity contribution in [3.05, 3.63) is 11.6 Å². The fraction of sp³-hybridized carbons (Fsp3) is 0.926. The third kappa shape index (κ3) is 3.86. The lowest BCUT2D eigenvalue weighted by molar-refractivity contribution is -0.0573. The summed E-state index contributed by atoms with van der Waals surface area (Å²) >= 11 is 0. The van der Waals surface area contributed by atoms with Crippen LogP contribution in [0.2, 0.25) is 0 Å². The molecule has 0 bridgehead atoms. The van der Waals surface area contributed by atoms with Crippen molar-refractivity contribution in [1.29, 1.82) is 0 Å². The zero-order valence-corrected chi connectivity index (χ0v) is 19.8. The number of hydrogen-bond donors (Lipinski definition) is 2. The lowest BCUT2D eigenvalue weighted by atomic mass is 9.47. The Morgan fingerprint density at radius 3 is 2.62 bits per heavy atom. The van der Waals surface area contributed by atoms with Crippen molar-refractivity contribution in [2.45, 2.75) is 117 Å². The second-order valence-corrected chi connectivity index (χ2v) is 12.7. The minimum Gasteiger partial charge on any atom is -0.393 e. The Morgan fingerprint density at radius 1 is 1.14 bits per heavy atom. The first kappa shape index (κ1) is 21.9. The van der Waals surface area contributed by atoms with Crippen LogP contribution in [0, 0.1) is 40.4 Å². The zero-order valence-electron chi connectivity index (χ0n) is 19.8. The molecule has 0 aromatic heterocycles. The molecule has 0 aromatic carbocycles. The van der Waals surface area contributed by atoms with Gasteiger partial charge < -0.3 is 10.8 Å². The van der Waals surface area contributed by atoms with Crippen LogP contribution in [0.4, 0.5) is 0 Å². The summed E-state index contributed by atoms with van der Waals surface area (Å²) in [6, 6.07) is 0. The molecule has 3 fully saturated rings. The highest BCUT2D eigenvalue weighted by Crippen LogP contribution is 2.67. The van der Waals surface area contributed by atoms with Gasteiger partial charge in [-0.1, -0.05) is 45.3 Å². The first-order valence-electron chi connectivity index (χ1n) is 12.7. The van der Waals surface area contributed by atoms with Gasteiger partial charge in [0.2, 0.25) is 0 Å². The van der Waals surface area contributed by atoms with Crippen molar-refractivity contribution in [2.75, 3.05) is 0 Å². The number of allylic oxidation sites excluding steroid dienone is 1. The molecule has 3 saturated carbocycles. The van der Waals surface area contributed by atoms with Crippen LogP contribution in [0.1, 0.15) is 105 Å². The fourth-order valence-corrected chi connectivity index (χ4v) is 8.70. The van der Waals surface area contributed by atoms with Gasteiger partial charge in [0.1, 0.15) is 0 Å². The largest absolute Gasteiger partial charge is 0.393 e. The van der Waals surface area contributed by atoms with Crippen LogP contribution in [-0.2, 0) is 0 Å². The maximum Gasteiger partial charge on any atom is 0.0577 e. The number of hydrogen-bond acceptors (Lipinski definition) is 2. The van der Waals surface area contributed by atoms with Crippen LogP contribution < -0.4 is 5.73 Å². The van der Waals surface area contributed by atoms with Crippen molar-refractivity contribution in [3.8, 4) is 0 Å². The number of nitrogens with two attached hydrogens (primary N) is 1. The second-order valence-electron chi connectivity index (χ2n) is 12.7. The van der Waals surface area contributed by atoms with E-state index in [0.717, 1.165) is 48.9 Å². The Hall–Kier alpha value is -0.340. The third-order valence-electron chi connectivity index (χ3n) is 10.3. The average Bonchev–Trinajstić information content (AvgIpc) is 2.98. The number of fused-ring (bicyclic) bond motifs is 5. The van der Waals surface area contributed by atoms with Crippen LogP contribution in [0.15, 0.2) is 11.6 Å². The maximum atomic E-state index is 10.2. The van der Waals surface area contributed by atoms with Gasteiger partial charge in [0, 0.05) is 5.54 Å². The minimum absolute atomic E-state index is 0.0188. The van der Waals surface area contributed by atoms with Gasteiger partial charge in [-0.2, -0.15) is 0 Å². The molecular weight excluding hydrogens is 354 g/mol. The van der Waals surface area contributed by atoms with Crippen molar-refractivity contribution >= 4 is 0 Å². The van der Waals surface area contributed by atoms with E-state index in [4.69, 9.17) is 5.73 Å². The molecule has 0 aliphatic heterocycles. The Morgan fingerprint density at radius 2 is 1.90 bits per heavy atom. The Bertz CT molecular complexity index is 633. The molecule has 0 aromatic rings. The Labute approximate surface area is 180 Å². The molecule has 2 nitrogen and oxygen atoms in total. The van der Waals surface area contributed by atoms with Gasteiger partial charge in [-0.25, -0.2) is 0 Å².